The van der Waals surface area contributed by atoms with Crippen molar-refractivity contribution in [3.8, 4) is 0 Å². The Bertz CT molecular complexity index is 651. The van der Waals surface area contributed by atoms with Gasteiger partial charge in [-0.2, -0.15) is 0 Å². The van der Waals surface area contributed by atoms with Gasteiger partial charge in [-0.3, -0.25) is 4.90 Å². The Morgan fingerprint density at radius 3 is 2.17 bits per heavy atom. The zero-order valence-corrected chi connectivity index (χ0v) is 13.9. The first-order valence-corrected chi connectivity index (χ1v) is 8.45. The average molecular weight is 329 g/mol. The smallest absolute Gasteiger partial charge is 0.123 e. The number of aliphatic hydroxyl groups is 2. The van der Waals surface area contributed by atoms with Gasteiger partial charge < -0.3 is 10.2 Å². The first-order chi connectivity index (χ1) is 11.5. The number of hydrogen-bond donors (Lipinski definition) is 2. The van der Waals surface area contributed by atoms with E-state index in [2.05, 4.69) is 4.90 Å². The largest absolute Gasteiger partial charge is 0.387 e. The molecule has 1 heterocycles. The van der Waals surface area contributed by atoms with E-state index in [0.29, 0.717) is 31.5 Å². The average Bonchev–Trinajstić information content (AvgIpc) is 2.62. The maximum Gasteiger partial charge on any atom is 0.123 e. The van der Waals surface area contributed by atoms with Gasteiger partial charge in [0.2, 0.25) is 0 Å². The summed E-state index contributed by atoms with van der Waals surface area (Å²) in [6.07, 6.45) is 0.600. The van der Waals surface area contributed by atoms with Crippen LogP contribution in [0.4, 0.5) is 4.39 Å². The van der Waals surface area contributed by atoms with E-state index in [-0.39, 0.29) is 11.9 Å². The molecule has 0 amide bonds. The number of rotatable bonds is 4. The molecule has 2 aromatic carbocycles. The molecule has 0 spiro atoms. The molecule has 2 aromatic rings. The summed E-state index contributed by atoms with van der Waals surface area (Å²) in [5.41, 5.74) is 0.877. The lowest BCUT2D eigenvalue weighted by molar-refractivity contribution is -0.0501. The molecule has 128 valence electrons. The normalized spacial score (nSPS) is 20.5. The second kappa shape index (κ2) is 7.01. The number of benzene rings is 2. The monoisotopic (exact) mass is 329 g/mol. The molecule has 2 N–H and O–H groups in total. The van der Waals surface area contributed by atoms with Crippen LogP contribution < -0.4 is 0 Å². The van der Waals surface area contributed by atoms with Crippen molar-refractivity contribution in [3.63, 3.8) is 0 Å². The number of aliphatic hydroxyl groups excluding tert-OH is 1. The molecule has 0 aliphatic carbocycles. The summed E-state index contributed by atoms with van der Waals surface area (Å²) in [6.45, 7) is 3.40. The second-order valence-electron chi connectivity index (χ2n) is 6.67. The highest BCUT2D eigenvalue weighted by Crippen LogP contribution is 2.34. The van der Waals surface area contributed by atoms with Gasteiger partial charge in [0.15, 0.2) is 0 Å². The van der Waals surface area contributed by atoms with Gasteiger partial charge in [0.1, 0.15) is 5.82 Å². The molecule has 0 radical (unpaired) electrons. The summed E-state index contributed by atoms with van der Waals surface area (Å²) >= 11 is 0. The highest BCUT2D eigenvalue weighted by Gasteiger charge is 2.36. The maximum absolute atomic E-state index is 13.0. The molecule has 0 unspecified atom stereocenters. The Balaban J connectivity index is 1.64. The zero-order chi connectivity index (χ0) is 17.2. The number of hydrogen-bond acceptors (Lipinski definition) is 3. The Kier molecular flexibility index (Phi) is 4.99. The third-order valence-corrected chi connectivity index (χ3v) is 5.18. The first-order valence-electron chi connectivity index (χ1n) is 8.45. The van der Waals surface area contributed by atoms with Crippen molar-refractivity contribution >= 4 is 0 Å². The molecule has 1 fully saturated rings. The van der Waals surface area contributed by atoms with Crippen molar-refractivity contribution in [3.05, 3.63) is 71.5 Å². The number of halogens is 1. The maximum atomic E-state index is 13.0. The van der Waals surface area contributed by atoms with E-state index in [1.54, 1.807) is 12.1 Å². The fourth-order valence-corrected chi connectivity index (χ4v) is 3.48. The van der Waals surface area contributed by atoms with Crippen molar-refractivity contribution in [2.24, 2.45) is 0 Å². The Hall–Kier alpha value is -1.75. The lowest BCUT2D eigenvalue weighted by Gasteiger charge is -2.42. The van der Waals surface area contributed by atoms with Gasteiger partial charge in [0.25, 0.3) is 0 Å². The lowest BCUT2D eigenvalue weighted by atomic mass is 9.83. The van der Waals surface area contributed by atoms with Crippen LogP contribution in [0, 0.1) is 5.82 Å². The van der Waals surface area contributed by atoms with E-state index >= 15 is 0 Å². The van der Waals surface area contributed by atoms with E-state index in [1.807, 2.05) is 37.3 Å². The van der Waals surface area contributed by atoms with E-state index in [9.17, 15) is 14.6 Å². The van der Waals surface area contributed by atoms with Crippen molar-refractivity contribution in [1.82, 2.24) is 4.90 Å². The molecule has 0 aromatic heterocycles. The summed E-state index contributed by atoms with van der Waals surface area (Å²) < 4.78 is 13.0. The number of likely N-dealkylation sites (tertiary alicyclic amines) is 1. The van der Waals surface area contributed by atoms with E-state index in [1.165, 1.54) is 12.1 Å². The van der Waals surface area contributed by atoms with Gasteiger partial charge in [-0.05, 0) is 43.0 Å². The standard InChI is InChI=1S/C20H24FNO2/c1-15(19(23)16-7-9-18(21)10-8-16)22-13-11-20(24,12-14-22)17-5-3-2-4-6-17/h2-10,15,19,23-24H,11-14H2,1H3/t15-,19-/m1/s1. The van der Waals surface area contributed by atoms with E-state index < -0.39 is 11.7 Å². The minimum absolute atomic E-state index is 0.0872. The number of piperidine rings is 1. The lowest BCUT2D eigenvalue weighted by Crippen LogP contribution is -2.47. The Morgan fingerprint density at radius 2 is 1.58 bits per heavy atom. The van der Waals surface area contributed by atoms with Gasteiger partial charge in [-0.25, -0.2) is 4.39 Å². The molecule has 3 nitrogen and oxygen atoms in total. The highest BCUT2D eigenvalue weighted by atomic mass is 19.1. The quantitative estimate of drug-likeness (QED) is 0.905. The zero-order valence-electron chi connectivity index (χ0n) is 13.9. The summed E-state index contributed by atoms with van der Waals surface area (Å²) in [5, 5.41) is 21.5. The van der Waals surface area contributed by atoms with Crippen LogP contribution in [0.15, 0.2) is 54.6 Å². The summed E-state index contributed by atoms with van der Waals surface area (Å²) in [4.78, 5) is 2.19. The molecular weight excluding hydrogens is 305 g/mol. The van der Waals surface area contributed by atoms with Gasteiger partial charge in [-0.1, -0.05) is 42.5 Å². The predicted molar refractivity (Wildman–Crippen MR) is 92.0 cm³/mol. The van der Waals surface area contributed by atoms with Crippen LogP contribution in [-0.4, -0.2) is 34.2 Å². The minimum Gasteiger partial charge on any atom is -0.387 e. The van der Waals surface area contributed by atoms with Crippen molar-refractivity contribution in [2.75, 3.05) is 13.1 Å². The van der Waals surface area contributed by atoms with Crippen LogP contribution in [0.5, 0.6) is 0 Å². The van der Waals surface area contributed by atoms with Crippen molar-refractivity contribution < 1.29 is 14.6 Å². The summed E-state index contributed by atoms with van der Waals surface area (Å²) in [5.74, 6) is -0.301. The SMILES string of the molecule is C[C@H]([C@@H](O)c1ccc(F)cc1)N1CCC(O)(c2ccccc2)CC1. The predicted octanol–water partition coefficient (Wildman–Crippen LogP) is 3.23. The summed E-state index contributed by atoms with van der Waals surface area (Å²) in [6, 6.07) is 15.7. The third-order valence-electron chi connectivity index (χ3n) is 5.18. The molecule has 1 aliphatic rings. The van der Waals surface area contributed by atoms with Crippen LogP contribution in [0.2, 0.25) is 0 Å². The summed E-state index contributed by atoms with van der Waals surface area (Å²) in [7, 11) is 0. The topological polar surface area (TPSA) is 43.7 Å². The van der Waals surface area contributed by atoms with Crippen LogP contribution in [0.1, 0.15) is 37.0 Å². The van der Waals surface area contributed by atoms with Crippen molar-refractivity contribution in [1.29, 1.82) is 0 Å². The molecule has 1 aliphatic heterocycles. The van der Waals surface area contributed by atoms with Crippen LogP contribution in [0.3, 0.4) is 0 Å². The molecule has 4 heteroatoms. The molecule has 24 heavy (non-hydrogen) atoms. The van der Waals surface area contributed by atoms with Gasteiger partial charge in [0.05, 0.1) is 11.7 Å². The molecular formula is C20H24FNO2. The van der Waals surface area contributed by atoms with Gasteiger partial charge in [0, 0.05) is 19.1 Å². The Morgan fingerprint density at radius 1 is 1.00 bits per heavy atom. The van der Waals surface area contributed by atoms with Gasteiger partial charge >= 0.3 is 0 Å². The minimum atomic E-state index is -0.793. The highest BCUT2D eigenvalue weighted by molar-refractivity contribution is 5.23. The number of nitrogens with zero attached hydrogens (tertiary/aromatic N) is 1. The first kappa shape index (κ1) is 17.1. The molecule has 1 saturated heterocycles. The Labute approximate surface area is 142 Å². The fourth-order valence-electron chi connectivity index (χ4n) is 3.48. The molecule has 3 rings (SSSR count). The molecule has 2 atom stereocenters. The fraction of sp³-hybridized carbons (Fsp3) is 0.400. The molecule has 0 bridgehead atoms. The second-order valence-corrected chi connectivity index (χ2v) is 6.67. The van der Waals surface area contributed by atoms with E-state index in [0.717, 1.165) is 5.56 Å². The van der Waals surface area contributed by atoms with Crippen LogP contribution in [0.25, 0.3) is 0 Å². The van der Waals surface area contributed by atoms with Crippen LogP contribution >= 0.6 is 0 Å². The van der Waals surface area contributed by atoms with E-state index in [4.69, 9.17) is 0 Å². The van der Waals surface area contributed by atoms with Crippen molar-refractivity contribution in [2.45, 2.75) is 37.5 Å². The molecule has 0 saturated carbocycles. The third kappa shape index (κ3) is 3.51. The van der Waals surface area contributed by atoms with Crippen LogP contribution in [-0.2, 0) is 5.60 Å². The van der Waals surface area contributed by atoms with Gasteiger partial charge in [-0.15, -0.1) is 0 Å².